The van der Waals surface area contributed by atoms with E-state index in [0.717, 1.165) is 37.1 Å². The number of para-hydroxylation sites is 1. The maximum atomic E-state index is 13.3. The maximum Gasteiger partial charge on any atom is 0.341 e. The summed E-state index contributed by atoms with van der Waals surface area (Å²) in [6.45, 7) is 6.63. The normalized spacial score (nSPS) is 13.9. The van der Waals surface area contributed by atoms with E-state index in [2.05, 4.69) is 41.4 Å². The summed E-state index contributed by atoms with van der Waals surface area (Å²) in [4.78, 5) is 28.3. The molecule has 1 amide bonds. The van der Waals surface area contributed by atoms with Gasteiger partial charge in [0.1, 0.15) is 17.9 Å². The molecule has 0 saturated carbocycles. The lowest BCUT2D eigenvalue weighted by molar-refractivity contribution is -0.121. The third-order valence-corrected chi connectivity index (χ3v) is 7.06. The lowest BCUT2D eigenvalue weighted by Crippen LogP contribution is -2.34. The van der Waals surface area contributed by atoms with Gasteiger partial charge in [-0.25, -0.2) is 4.79 Å². The number of carbonyl (C=O) groups is 2. The minimum Gasteiger partial charge on any atom is -0.488 e. The molecule has 1 atom stereocenters. The van der Waals surface area contributed by atoms with Crippen molar-refractivity contribution in [3.8, 4) is 5.75 Å². The molecular formula is C33H40N2O4. The summed E-state index contributed by atoms with van der Waals surface area (Å²) >= 11 is 0. The van der Waals surface area contributed by atoms with Crippen molar-refractivity contribution in [2.75, 3.05) is 24.6 Å². The number of nitrogens with one attached hydrogen (secondary N) is 1. The van der Waals surface area contributed by atoms with Crippen molar-refractivity contribution in [1.29, 1.82) is 0 Å². The van der Waals surface area contributed by atoms with Gasteiger partial charge in [-0.05, 0) is 67.5 Å². The lowest BCUT2D eigenvalue weighted by Gasteiger charge is -2.32. The summed E-state index contributed by atoms with van der Waals surface area (Å²) < 4.78 is 11.3. The molecule has 3 aromatic carbocycles. The van der Waals surface area contributed by atoms with E-state index < -0.39 is 5.97 Å². The van der Waals surface area contributed by atoms with Gasteiger partial charge in [0, 0.05) is 18.8 Å². The molecule has 0 aliphatic carbocycles. The highest BCUT2D eigenvalue weighted by Gasteiger charge is 2.22. The standard InChI is InChI=1S/C33H40N2O4/c1-3-13-29(27-16-9-10-17-30(27)35-20-11-6-12-21-35)34-32(36)23-26-18-19-28(33(37)38-4-2)31(22-26)39-24-25-14-7-5-8-15-25/h5,7-10,14-19,22,29H,3-4,6,11-13,20-21,23-24H2,1-2H3,(H,34,36). The molecule has 1 aliphatic heterocycles. The van der Waals surface area contributed by atoms with Crippen molar-refractivity contribution in [3.05, 3.63) is 95.1 Å². The van der Waals surface area contributed by atoms with Crippen LogP contribution in [0.4, 0.5) is 5.69 Å². The fourth-order valence-electron chi connectivity index (χ4n) is 5.14. The van der Waals surface area contributed by atoms with Crippen molar-refractivity contribution in [3.63, 3.8) is 0 Å². The molecule has 0 radical (unpaired) electrons. The average Bonchev–Trinajstić information content (AvgIpc) is 2.97. The van der Waals surface area contributed by atoms with E-state index in [1.807, 2.05) is 30.3 Å². The Balaban J connectivity index is 1.50. The first-order valence-electron chi connectivity index (χ1n) is 14.2. The number of benzene rings is 3. The molecule has 1 aliphatic rings. The van der Waals surface area contributed by atoms with Crippen LogP contribution < -0.4 is 15.0 Å². The molecule has 1 fully saturated rings. The molecule has 1 N–H and O–H groups in total. The Labute approximate surface area is 232 Å². The van der Waals surface area contributed by atoms with Crippen LogP contribution in [0.15, 0.2) is 72.8 Å². The Morgan fingerprint density at radius 1 is 0.897 bits per heavy atom. The van der Waals surface area contributed by atoms with Crippen LogP contribution in [0, 0.1) is 0 Å². The van der Waals surface area contributed by atoms with Gasteiger partial charge in [-0.2, -0.15) is 0 Å². The molecule has 1 unspecified atom stereocenters. The van der Waals surface area contributed by atoms with Gasteiger partial charge in [0.25, 0.3) is 0 Å². The summed E-state index contributed by atoms with van der Waals surface area (Å²) in [5.41, 5.74) is 4.54. The van der Waals surface area contributed by atoms with E-state index in [4.69, 9.17) is 9.47 Å². The number of ether oxygens (including phenoxy) is 2. The van der Waals surface area contributed by atoms with Crippen molar-refractivity contribution in [2.24, 2.45) is 0 Å². The molecule has 39 heavy (non-hydrogen) atoms. The van der Waals surface area contributed by atoms with Crippen LogP contribution in [0.2, 0.25) is 0 Å². The second-order valence-electron chi connectivity index (χ2n) is 10.0. The number of esters is 1. The van der Waals surface area contributed by atoms with Crippen LogP contribution >= 0.6 is 0 Å². The van der Waals surface area contributed by atoms with Crippen LogP contribution in [0.5, 0.6) is 5.75 Å². The summed E-state index contributed by atoms with van der Waals surface area (Å²) in [7, 11) is 0. The largest absolute Gasteiger partial charge is 0.488 e. The van der Waals surface area contributed by atoms with Crippen LogP contribution in [0.25, 0.3) is 0 Å². The molecule has 3 aromatic rings. The Morgan fingerprint density at radius 2 is 1.64 bits per heavy atom. The van der Waals surface area contributed by atoms with Crippen LogP contribution in [-0.2, 0) is 22.6 Å². The number of amides is 1. The zero-order valence-corrected chi connectivity index (χ0v) is 23.2. The van der Waals surface area contributed by atoms with Crippen molar-refractivity contribution in [1.82, 2.24) is 5.32 Å². The number of rotatable bonds is 12. The first-order valence-corrected chi connectivity index (χ1v) is 14.2. The van der Waals surface area contributed by atoms with E-state index in [-0.39, 0.29) is 25.0 Å². The number of nitrogens with zero attached hydrogens (tertiary/aromatic N) is 1. The van der Waals surface area contributed by atoms with Crippen LogP contribution in [0.1, 0.15) is 79.0 Å². The van der Waals surface area contributed by atoms with Crippen LogP contribution in [-0.4, -0.2) is 31.6 Å². The molecule has 4 rings (SSSR count). The van der Waals surface area contributed by atoms with Gasteiger partial charge in [-0.1, -0.05) is 67.9 Å². The van der Waals surface area contributed by atoms with Crippen LogP contribution in [0.3, 0.4) is 0 Å². The van der Waals surface area contributed by atoms with Gasteiger partial charge < -0.3 is 19.7 Å². The van der Waals surface area contributed by atoms with E-state index >= 15 is 0 Å². The van der Waals surface area contributed by atoms with E-state index in [9.17, 15) is 9.59 Å². The maximum absolute atomic E-state index is 13.3. The predicted octanol–water partition coefficient (Wildman–Crippen LogP) is 6.63. The van der Waals surface area contributed by atoms with Gasteiger partial charge in [0.15, 0.2) is 0 Å². The lowest BCUT2D eigenvalue weighted by atomic mass is 9.97. The molecule has 1 saturated heterocycles. The summed E-state index contributed by atoms with van der Waals surface area (Å²) in [5.74, 6) is -0.0724. The summed E-state index contributed by atoms with van der Waals surface area (Å²) in [6, 6.07) is 23.5. The van der Waals surface area contributed by atoms with Gasteiger partial charge in [-0.15, -0.1) is 0 Å². The number of hydrogen-bond donors (Lipinski definition) is 1. The first kappa shape index (κ1) is 28.2. The molecular weight excluding hydrogens is 488 g/mol. The summed E-state index contributed by atoms with van der Waals surface area (Å²) in [5, 5.41) is 3.30. The SMILES string of the molecule is CCCC(NC(=O)Cc1ccc(C(=O)OCC)c(OCc2ccccc2)c1)c1ccccc1N1CCCCC1. The van der Waals surface area contributed by atoms with Crippen molar-refractivity contribution < 1.29 is 19.1 Å². The smallest absolute Gasteiger partial charge is 0.341 e. The monoisotopic (exact) mass is 528 g/mol. The topological polar surface area (TPSA) is 67.9 Å². The first-order chi connectivity index (χ1) is 19.1. The zero-order chi connectivity index (χ0) is 27.5. The summed E-state index contributed by atoms with van der Waals surface area (Å²) in [6.07, 6.45) is 5.71. The minimum absolute atomic E-state index is 0.0557. The second-order valence-corrected chi connectivity index (χ2v) is 10.0. The number of anilines is 1. The Bertz CT molecular complexity index is 1220. The van der Waals surface area contributed by atoms with E-state index in [0.29, 0.717) is 17.9 Å². The second kappa shape index (κ2) is 14.4. The quantitative estimate of drug-likeness (QED) is 0.267. The highest BCUT2D eigenvalue weighted by atomic mass is 16.5. The molecule has 0 spiro atoms. The molecule has 6 heteroatoms. The number of carbonyl (C=O) groups excluding carboxylic acids is 2. The van der Waals surface area contributed by atoms with Gasteiger partial charge in [-0.3, -0.25) is 4.79 Å². The van der Waals surface area contributed by atoms with Gasteiger partial charge in [0.2, 0.25) is 5.91 Å². The zero-order valence-electron chi connectivity index (χ0n) is 23.2. The van der Waals surface area contributed by atoms with Crippen molar-refractivity contribution in [2.45, 2.75) is 65.0 Å². The third-order valence-electron chi connectivity index (χ3n) is 7.06. The third kappa shape index (κ3) is 7.85. The van der Waals surface area contributed by atoms with E-state index in [1.165, 1.54) is 30.5 Å². The van der Waals surface area contributed by atoms with E-state index in [1.54, 1.807) is 25.1 Å². The Hall–Kier alpha value is -3.80. The Morgan fingerprint density at radius 3 is 2.38 bits per heavy atom. The highest BCUT2D eigenvalue weighted by molar-refractivity contribution is 5.93. The van der Waals surface area contributed by atoms with Crippen molar-refractivity contribution >= 4 is 17.6 Å². The molecule has 1 heterocycles. The molecule has 0 bridgehead atoms. The number of piperidine rings is 1. The molecule has 6 nitrogen and oxygen atoms in total. The predicted molar refractivity (Wildman–Crippen MR) is 155 cm³/mol. The highest BCUT2D eigenvalue weighted by Crippen LogP contribution is 2.31. The molecule has 0 aromatic heterocycles. The fraction of sp³-hybridized carbons (Fsp3) is 0.394. The van der Waals surface area contributed by atoms with Gasteiger partial charge >= 0.3 is 5.97 Å². The Kier molecular flexibility index (Phi) is 10.4. The molecule has 206 valence electrons. The minimum atomic E-state index is -0.436. The number of hydrogen-bond acceptors (Lipinski definition) is 5. The van der Waals surface area contributed by atoms with Gasteiger partial charge in [0.05, 0.1) is 19.1 Å². The average molecular weight is 529 g/mol. The fourth-order valence-corrected chi connectivity index (χ4v) is 5.14.